The lowest BCUT2D eigenvalue weighted by atomic mass is 9.79. The van der Waals surface area contributed by atoms with Crippen LogP contribution < -0.4 is 5.73 Å². The molecule has 3 aromatic carbocycles. The smallest absolute Gasteiger partial charge is 0.324 e. The maximum absolute atomic E-state index is 13.2. The van der Waals surface area contributed by atoms with Gasteiger partial charge in [-0.1, -0.05) is 90.0 Å². The van der Waals surface area contributed by atoms with Crippen LogP contribution in [-0.2, 0) is 15.1 Å². The van der Waals surface area contributed by atoms with E-state index in [1.165, 1.54) is 0 Å². The Bertz CT molecular complexity index is 978. The third kappa shape index (κ3) is 4.72. The molecule has 1 unspecified atom stereocenters. The van der Waals surface area contributed by atoms with Crippen molar-refractivity contribution in [2.24, 2.45) is 5.73 Å². The van der Waals surface area contributed by atoms with Crippen LogP contribution in [0.5, 0.6) is 0 Å². The Morgan fingerprint density at radius 2 is 1.60 bits per heavy atom. The van der Waals surface area contributed by atoms with E-state index in [-0.39, 0.29) is 0 Å². The van der Waals surface area contributed by atoms with Crippen molar-refractivity contribution in [2.75, 3.05) is 12.0 Å². The van der Waals surface area contributed by atoms with Gasteiger partial charge in [-0.3, -0.25) is 4.79 Å². The molecule has 30 heavy (non-hydrogen) atoms. The molecule has 0 bridgehead atoms. The van der Waals surface area contributed by atoms with Crippen LogP contribution in [0.3, 0.4) is 0 Å². The van der Waals surface area contributed by atoms with Crippen LogP contribution in [0.1, 0.15) is 28.7 Å². The van der Waals surface area contributed by atoms with Gasteiger partial charge >= 0.3 is 5.97 Å². The second-order valence-corrected chi connectivity index (χ2v) is 8.59. The highest BCUT2D eigenvalue weighted by Gasteiger charge is 2.42. The molecule has 0 aliphatic carbocycles. The molecule has 0 radical (unpaired) electrons. The Kier molecular flexibility index (Phi) is 7.59. The number of hydrogen-bond donors (Lipinski definition) is 1. The van der Waals surface area contributed by atoms with E-state index < -0.39 is 17.6 Å². The van der Waals surface area contributed by atoms with Gasteiger partial charge in [-0.15, -0.1) is 0 Å². The maximum Gasteiger partial charge on any atom is 0.324 e. The number of hydrogen-bond acceptors (Lipinski definition) is 4. The minimum Gasteiger partial charge on any atom is -0.443 e. The van der Waals surface area contributed by atoms with Crippen LogP contribution in [0.2, 0.25) is 5.02 Å². The number of esters is 1. The van der Waals surface area contributed by atoms with E-state index in [0.29, 0.717) is 17.0 Å². The summed E-state index contributed by atoms with van der Waals surface area (Å²) in [4.78, 5) is 13.2. The summed E-state index contributed by atoms with van der Waals surface area (Å²) < 4.78 is 6.32. The summed E-state index contributed by atoms with van der Waals surface area (Å²) in [6.45, 7) is 2.02. The molecule has 0 fully saturated rings. The summed E-state index contributed by atoms with van der Waals surface area (Å²) in [6.07, 6.45) is 2.53. The molecule has 0 aliphatic rings. The van der Waals surface area contributed by atoms with E-state index in [1.807, 2.05) is 92.0 Å². The first-order valence-corrected chi connectivity index (χ1v) is 11.6. The van der Waals surface area contributed by atoms with Crippen molar-refractivity contribution >= 4 is 29.3 Å². The molecular formula is C25H26ClNO2S. The summed E-state index contributed by atoms with van der Waals surface area (Å²) in [6, 6.07) is 24.4. The number of rotatable bonds is 8. The number of thioether (sulfide) groups is 1. The SMILES string of the molecule is CSCC[C@@H](N)C(=O)OC(c1ccccc1)(c1ccc(C)cc1)c1ccccc1Cl. The molecule has 3 rings (SSSR count). The van der Waals surface area contributed by atoms with Gasteiger partial charge in [-0.25, -0.2) is 0 Å². The normalized spacial score (nSPS) is 14.0. The minimum atomic E-state index is -1.21. The Labute approximate surface area is 187 Å². The minimum absolute atomic E-state index is 0.451. The van der Waals surface area contributed by atoms with Crippen LogP contribution in [0.25, 0.3) is 0 Å². The molecule has 156 valence electrons. The van der Waals surface area contributed by atoms with Crippen LogP contribution in [0, 0.1) is 6.92 Å². The fourth-order valence-electron chi connectivity index (χ4n) is 3.45. The third-order valence-corrected chi connectivity index (χ3v) is 6.05. The van der Waals surface area contributed by atoms with E-state index in [1.54, 1.807) is 11.8 Å². The summed E-state index contributed by atoms with van der Waals surface area (Å²) >= 11 is 8.31. The van der Waals surface area contributed by atoms with E-state index in [4.69, 9.17) is 22.1 Å². The number of benzene rings is 3. The zero-order valence-electron chi connectivity index (χ0n) is 17.2. The highest BCUT2D eigenvalue weighted by Crippen LogP contribution is 2.43. The molecule has 2 N–H and O–H groups in total. The number of aryl methyl sites for hydroxylation is 1. The van der Waals surface area contributed by atoms with Crippen molar-refractivity contribution in [3.05, 3.63) is 106 Å². The molecule has 0 saturated heterocycles. The Balaban J connectivity index is 2.23. The summed E-state index contributed by atoms with van der Waals surface area (Å²) in [5.41, 5.74) is 8.42. The second-order valence-electron chi connectivity index (χ2n) is 7.20. The molecule has 0 amide bonds. The highest BCUT2D eigenvalue weighted by atomic mass is 35.5. The molecule has 0 saturated carbocycles. The predicted octanol–water partition coefficient (Wildman–Crippen LogP) is 5.56. The van der Waals surface area contributed by atoms with Gasteiger partial charge in [0.05, 0.1) is 0 Å². The molecule has 0 aromatic heterocycles. The zero-order valence-corrected chi connectivity index (χ0v) is 18.7. The standard InChI is InChI=1S/C25H26ClNO2S/c1-18-12-14-20(15-13-18)25(19-8-4-3-5-9-19,21-10-6-7-11-22(21)26)29-24(28)23(27)16-17-30-2/h3-15,23H,16-17,27H2,1-2H3/t23-,25?/m1/s1. The van der Waals surface area contributed by atoms with Crippen molar-refractivity contribution in [1.29, 1.82) is 0 Å². The van der Waals surface area contributed by atoms with Crippen molar-refractivity contribution in [2.45, 2.75) is 25.0 Å². The van der Waals surface area contributed by atoms with Gasteiger partial charge < -0.3 is 10.5 Å². The largest absolute Gasteiger partial charge is 0.443 e. The molecular weight excluding hydrogens is 414 g/mol. The molecule has 0 aliphatic heterocycles. The number of carbonyl (C=O) groups is 1. The van der Waals surface area contributed by atoms with Gasteiger partial charge in [-0.05, 0) is 31.4 Å². The number of nitrogens with two attached hydrogens (primary N) is 1. The van der Waals surface area contributed by atoms with Gasteiger partial charge in [0, 0.05) is 21.7 Å². The zero-order chi connectivity index (χ0) is 21.6. The van der Waals surface area contributed by atoms with E-state index in [9.17, 15) is 4.79 Å². The first-order valence-electron chi connectivity index (χ1n) is 9.84. The second kappa shape index (κ2) is 10.2. The topological polar surface area (TPSA) is 52.3 Å². The first kappa shape index (κ1) is 22.4. The van der Waals surface area contributed by atoms with E-state index in [2.05, 4.69) is 0 Å². The lowest BCUT2D eigenvalue weighted by Crippen LogP contribution is -2.42. The third-order valence-electron chi connectivity index (χ3n) is 5.08. The van der Waals surface area contributed by atoms with Crippen molar-refractivity contribution in [3.8, 4) is 0 Å². The van der Waals surface area contributed by atoms with Crippen LogP contribution in [0.4, 0.5) is 0 Å². The molecule has 0 heterocycles. The van der Waals surface area contributed by atoms with Gasteiger partial charge in [0.1, 0.15) is 6.04 Å². The van der Waals surface area contributed by atoms with Gasteiger partial charge in [-0.2, -0.15) is 11.8 Å². The number of halogens is 1. The van der Waals surface area contributed by atoms with Crippen molar-refractivity contribution in [1.82, 2.24) is 0 Å². The monoisotopic (exact) mass is 439 g/mol. The lowest BCUT2D eigenvalue weighted by molar-refractivity contribution is -0.155. The lowest BCUT2D eigenvalue weighted by Gasteiger charge is -2.36. The van der Waals surface area contributed by atoms with E-state index in [0.717, 1.165) is 22.4 Å². The number of carbonyl (C=O) groups excluding carboxylic acids is 1. The van der Waals surface area contributed by atoms with Crippen molar-refractivity contribution in [3.63, 3.8) is 0 Å². The van der Waals surface area contributed by atoms with Crippen LogP contribution in [-0.4, -0.2) is 24.0 Å². The van der Waals surface area contributed by atoms with Crippen LogP contribution in [0.15, 0.2) is 78.9 Å². The quantitative estimate of drug-likeness (QED) is 0.368. The van der Waals surface area contributed by atoms with E-state index >= 15 is 0 Å². The average molecular weight is 440 g/mol. The Hall–Kier alpha value is -2.27. The Morgan fingerprint density at radius 1 is 1.00 bits per heavy atom. The molecule has 3 aromatic rings. The fourth-order valence-corrected chi connectivity index (χ4v) is 4.21. The highest BCUT2D eigenvalue weighted by molar-refractivity contribution is 7.98. The average Bonchev–Trinajstić information content (AvgIpc) is 2.77. The molecule has 0 spiro atoms. The molecule has 3 nitrogen and oxygen atoms in total. The summed E-state index contributed by atoms with van der Waals surface area (Å²) in [7, 11) is 0. The first-order chi connectivity index (χ1) is 14.5. The van der Waals surface area contributed by atoms with Gasteiger partial charge in [0.2, 0.25) is 0 Å². The maximum atomic E-state index is 13.2. The number of ether oxygens (including phenoxy) is 1. The molecule has 5 heteroatoms. The Morgan fingerprint density at radius 3 is 2.23 bits per heavy atom. The summed E-state index contributed by atoms with van der Waals surface area (Å²) in [5.74, 6) is 0.332. The summed E-state index contributed by atoms with van der Waals surface area (Å²) in [5, 5.41) is 0.521. The van der Waals surface area contributed by atoms with Gasteiger partial charge in [0.25, 0.3) is 0 Å². The van der Waals surface area contributed by atoms with Gasteiger partial charge in [0.15, 0.2) is 5.60 Å². The fraction of sp³-hybridized carbons (Fsp3) is 0.240. The molecule has 2 atom stereocenters. The predicted molar refractivity (Wildman–Crippen MR) is 126 cm³/mol. The van der Waals surface area contributed by atoms with Crippen LogP contribution >= 0.6 is 23.4 Å². The van der Waals surface area contributed by atoms with Crippen molar-refractivity contribution < 1.29 is 9.53 Å².